The first-order valence-corrected chi connectivity index (χ1v) is 15.1. The predicted octanol–water partition coefficient (Wildman–Crippen LogP) is 5.93. The van der Waals surface area contributed by atoms with Gasteiger partial charge in [0, 0.05) is 42.7 Å². The molecule has 2 aromatic carbocycles. The number of piperidine rings is 1. The van der Waals surface area contributed by atoms with E-state index in [0.29, 0.717) is 31.7 Å². The highest BCUT2D eigenvalue weighted by molar-refractivity contribution is 7.14. The Balaban J connectivity index is 1.30. The number of nitriles is 1. The van der Waals surface area contributed by atoms with E-state index in [1.165, 1.54) is 0 Å². The van der Waals surface area contributed by atoms with E-state index in [1.54, 1.807) is 16.2 Å². The van der Waals surface area contributed by atoms with E-state index < -0.39 is 5.97 Å². The molecule has 1 N–H and O–H groups in total. The van der Waals surface area contributed by atoms with Crippen molar-refractivity contribution >= 4 is 28.3 Å². The van der Waals surface area contributed by atoms with Crippen molar-refractivity contribution in [1.29, 1.82) is 5.26 Å². The average molecular weight is 573 g/mol. The smallest absolute Gasteiger partial charge is 0.307 e. The van der Waals surface area contributed by atoms with Crippen LogP contribution >= 0.6 is 11.3 Å². The molecular weight excluding hydrogens is 536 g/mol. The lowest BCUT2D eigenvalue weighted by atomic mass is 9.85. The molecule has 1 amide bonds. The van der Waals surface area contributed by atoms with Crippen LogP contribution in [-0.2, 0) is 11.4 Å². The summed E-state index contributed by atoms with van der Waals surface area (Å²) in [4.78, 5) is 33.6. The van der Waals surface area contributed by atoms with Gasteiger partial charge >= 0.3 is 5.97 Å². The molecule has 2 heterocycles. The number of nitrogens with zero attached hydrogens (tertiary/aromatic N) is 4. The number of anilines is 1. The molecule has 9 heteroatoms. The summed E-state index contributed by atoms with van der Waals surface area (Å²) in [5.41, 5.74) is 5.46. The summed E-state index contributed by atoms with van der Waals surface area (Å²) in [6.45, 7) is 8.75. The SMILES string of the molecule is CCN(CCC#N)C(=O)c1ccc(COc2ccc(C)cc2-c2csc(N3C[C@H]4CC[C@@H](C3)[C@H]4C(=O)O)n2)c(C)c1. The molecule has 3 atom stereocenters. The molecule has 8 nitrogen and oxygen atoms in total. The summed E-state index contributed by atoms with van der Waals surface area (Å²) in [6, 6.07) is 13.8. The third-order valence-electron chi connectivity index (χ3n) is 8.43. The lowest BCUT2D eigenvalue weighted by Gasteiger charge is -2.35. The van der Waals surface area contributed by atoms with Crippen LogP contribution in [0.15, 0.2) is 41.8 Å². The minimum absolute atomic E-state index is 0.0707. The van der Waals surface area contributed by atoms with Crippen molar-refractivity contribution in [3.05, 3.63) is 64.0 Å². The van der Waals surface area contributed by atoms with Crippen molar-refractivity contribution in [1.82, 2.24) is 9.88 Å². The largest absolute Gasteiger partial charge is 0.488 e. The fourth-order valence-electron chi connectivity index (χ4n) is 6.20. The molecule has 5 rings (SSSR count). The fourth-order valence-corrected chi connectivity index (χ4v) is 7.05. The standard InChI is InChI=1S/C32H36N4O4S/c1-4-35(13-5-12-33)30(37)22-7-10-25(21(3)15-22)18-40-28-11-6-20(2)14-26(28)27-19-41-32(34-27)36-16-23-8-9-24(17-36)29(23)31(38)39/h6-7,10-11,14-15,19,23-24,29H,4-5,8-9,13,16-18H2,1-3H3,(H,38,39)/t23-,24+,29+. The maximum Gasteiger partial charge on any atom is 0.307 e. The molecule has 0 unspecified atom stereocenters. The topological polar surface area (TPSA) is 107 Å². The number of rotatable bonds is 10. The van der Waals surface area contributed by atoms with Crippen LogP contribution in [0.5, 0.6) is 5.75 Å². The number of carboxylic acid groups (broad SMARTS) is 1. The lowest BCUT2D eigenvalue weighted by Crippen LogP contribution is -2.44. The zero-order valence-electron chi connectivity index (χ0n) is 23.8. The minimum atomic E-state index is -0.659. The number of aromatic nitrogens is 1. The molecule has 2 aliphatic rings. The first-order chi connectivity index (χ1) is 19.8. The second-order valence-corrected chi connectivity index (χ2v) is 11.9. The van der Waals surface area contributed by atoms with Crippen LogP contribution in [0.25, 0.3) is 11.3 Å². The van der Waals surface area contributed by atoms with Gasteiger partial charge < -0.3 is 19.6 Å². The Kier molecular flexibility index (Phi) is 8.60. The highest BCUT2D eigenvalue weighted by Crippen LogP contribution is 2.44. The van der Waals surface area contributed by atoms with E-state index in [9.17, 15) is 14.7 Å². The second kappa shape index (κ2) is 12.3. The molecule has 1 saturated carbocycles. The van der Waals surface area contributed by atoms with E-state index in [1.807, 2.05) is 51.1 Å². The van der Waals surface area contributed by atoms with Crippen molar-refractivity contribution in [3.8, 4) is 23.1 Å². The number of carbonyl (C=O) groups is 2. The van der Waals surface area contributed by atoms with E-state index in [-0.39, 0.29) is 23.7 Å². The van der Waals surface area contributed by atoms with Gasteiger partial charge in [-0.25, -0.2) is 4.98 Å². The molecule has 0 radical (unpaired) electrons. The molecule has 1 aliphatic heterocycles. The lowest BCUT2D eigenvalue weighted by molar-refractivity contribution is -0.144. The third kappa shape index (κ3) is 6.08. The van der Waals surface area contributed by atoms with Gasteiger partial charge in [-0.1, -0.05) is 17.7 Å². The summed E-state index contributed by atoms with van der Waals surface area (Å²) >= 11 is 1.60. The summed E-state index contributed by atoms with van der Waals surface area (Å²) in [5.74, 6) is 0.151. The Morgan fingerprint density at radius 1 is 1.17 bits per heavy atom. The third-order valence-corrected chi connectivity index (χ3v) is 9.33. The number of aryl methyl sites for hydroxylation is 2. The van der Waals surface area contributed by atoms with Crippen molar-refractivity contribution in [2.75, 3.05) is 31.1 Å². The van der Waals surface area contributed by atoms with Crippen LogP contribution in [0, 0.1) is 42.9 Å². The van der Waals surface area contributed by atoms with Crippen molar-refractivity contribution in [3.63, 3.8) is 0 Å². The normalized spacial score (nSPS) is 19.6. The van der Waals surface area contributed by atoms with Crippen molar-refractivity contribution in [2.45, 2.75) is 46.6 Å². The number of benzene rings is 2. The Labute approximate surface area is 245 Å². The van der Waals surface area contributed by atoms with Gasteiger partial charge in [-0.3, -0.25) is 9.59 Å². The van der Waals surface area contributed by atoms with Crippen LogP contribution in [0.4, 0.5) is 5.13 Å². The fraction of sp³-hybridized carbons (Fsp3) is 0.438. The average Bonchev–Trinajstić information content (AvgIpc) is 3.56. The van der Waals surface area contributed by atoms with Crippen LogP contribution in [0.1, 0.15) is 53.2 Å². The molecule has 214 valence electrons. The summed E-state index contributed by atoms with van der Waals surface area (Å²) in [6.07, 6.45) is 2.26. The number of hydrogen-bond acceptors (Lipinski definition) is 7. The van der Waals surface area contributed by atoms with Crippen molar-refractivity contribution in [2.24, 2.45) is 17.8 Å². The molecule has 3 aromatic rings. The van der Waals surface area contributed by atoms with Crippen LogP contribution in [-0.4, -0.2) is 53.0 Å². The molecule has 1 aromatic heterocycles. The maximum absolute atomic E-state index is 12.9. The van der Waals surface area contributed by atoms with Gasteiger partial charge in [-0.05, 0) is 80.8 Å². The van der Waals surface area contributed by atoms with Gasteiger partial charge in [0.15, 0.2) is 5.13 Å². The number of carbonyl (C=O) groups excluding carboxylic acids is 1. The van der Waals surface area contributed by atoms with Crippen LogP contribution in [0.3, 0.4) is 0 Å². The Hall–Kier alpha value is -3.90. The number of hydrogen-bond donors (Lipinski definition) is 1. The number of fused-ring (bicyclic) bond motifs is 2. The van der Waals surface area contributed by atoms with Gasteiger partial charge in [0.25, 0.3) is 5.91 Å². The molecule has 2 bridgehead atoms. The van der Waals surface area contributed by atoms with Crippen molar-refractivity contribution < 1.29 is 19.4 Å². The van der Waals surface area contributed by atoms with E-state index in [0.717, 1.165) is 64.8 Å². The molecule has 2 fully saturated rings. The van der Waals surface area contributed by atoms with Gasteiger partial charge in [0.2, 0.25) is 0 Å². The Bertz CT molecular complexity index is 1460. The zero-order valence-corrected chi connectivity index (χ0v) is 24.6. The highest BCUT2D eigenvalue weighted by Gasteiger charge is 2.46. The molecule has 0 spiro atoms. The van der Waals surface area contributed by atoms with Gasteiger partial charge in [0.05, 0.1) is 24.1 Å². The zero-order chi connectivity index (χ0) is 29.1. The highest BCUT2D eigenvalue weighted by atomic mass is 32.1. The van der Waals surface area contributed by atoms with Crippen LogP contribution in [0.2, 0.25) is 0 Å². The maximum atomic E-state index is 12.9. The summed E-state index contributed by atoms with van der Waals surface area (Å²) in [7, 11) is 0. The molecule has 1 saturated heterocycles. The summed E-state index contributed by atoms with van der Waals surface area (Å²) in [5, 5.41) is 21.5. The Morgan fingerprint density at radius 3 is 2.59 bits per heavy atom. The number of aliphatic carboxylic acids is 1. The number of thiazole rings is 1. The van der Waals surface area contributed by atoms with Gasteiger partial charge in [0.1, 0.15) is 12.4 Å². The first kappa shape index (κ1) is 28.6. The number of amides is 1. The van der Waals surface area contributed by atoms with E-state index in [2.05, 4.69) is 22.4 Å². The summed E-state index contributed by atoms with van der Waals surface area (Å²) < 4.78 is 6.33. The quantitative estimate of drug-likeness (QED) is 0.321. The molecular formula is C32H36N4O4S. The minimum Gasteiger partial charge on any atom is -0.488 e. The Morgan fingerprint density at radius 2 is 1.93 bits per heavy atom. The predicted molar refractivity (Wildman–Crippen MR) is 159 cm³/mol. The molecule has 1 aliphatic carbocycles. The van der Waals surface area contributed by atoms with E-state index in [4.69, 9.17) is 15.0 Å². The van der Waals surface area contributed by atoms with Gasteiger partial charge in [-0.2, -0.15) is 5.26 Å². The second-order valence-electron chi connectivity index (χ2n) is 11.1. The van der Waals surface area contributed by atoms with Crippen LogP contribution < -0.4 is 9.64 Å². The monoisotopic (exact) mass is 572 g/mol. The number of ether oxygens (including phenoxy) is 1. The van der Waals surface area contributed by atoms with E-state index >= 15 is 0 Å². The van der Waals surface area contributed by atoms with Gasteiger partial charge in [-0.15, -0.1) is 11.3 Å². The first-order valence-electron chi connectivity index (χ1n) is 14.2. The number of carboxylic acids is 1. The molecule has 41 heavy (non-hydrogen) atoms.